The van der Waals surface area contributed by atoms with Crippen LogP contribution in [0.3, 0.4) is 0 Å². The predicted molar refractivity (Wildman–Crippen MR) is 118 cm³/mol. The minimum Gasteiger partial charge on any atom is -0.368 e. The second-order valence-corrected chi connectivity index (χ2v) is 9.57. The van der Waals surface area contributed by atoms with Gasteiger partial charge in [-0.2, -0.15) is 0 Å². The normalized spacial score (nSPS) is 23.8. The number of benzene rings is 1. The number of piperidine rings is 1. The minimum atomic E-state index is -0.733. The van der Waals surface area contributed by atoms with Crippen molar-refractivity contribution < 1.29 is 23.6 Å². The van der Waals surface area contributed by atoms with Crippen LogP contribution in [0.4, 0.5) is 10.1 Å². The molecule has 176 valence electrons. The lowest BCUT2D eigenvalue weighted by molar-refractivity contribution is -0.137. The van der Waals surface area contributed by atoms with E-state index in [1.54, 1.807) is 0 Å². The molecule has 0 aromatic heterocycles. The van der Waals surface area contributed by atoms with E-state index in [-0.39, 0.29) is 42.7 Å². The summed E-state index contributed by atoms with van der Waals surface area (Å²) >= 11 is 0. The smallest absolute Gasteiger partial charge is 0.255 e. The third-order valence-corrected chi connectivity index (χ3v) is 7.51. The SMILES string of the molecule is O=C1CCC(N2Cc3c(cc(F)cc3N3CCN(C(=O)CC4CCCC4)CC3)C2=O)C(=O)N1. The highest BCUT2D eigenvalue weighted by Crippen LogP contribution is 2.36. The summed E-state index contributed by atoms with van der Waals surface area (Å²) in [7, 11) is 0. The van der Waals surface area contributed by atoms with E-state index in [1.807, 2.05) is 9.80 Å². The van der Waals surface area contributed by atoms with Gasteiger partial charge in [0.15, 0.2) is 0 Å². The van der Waals surface area contributed by atoms with Gasteiger partial charge in [-0.3, -0.25) is 24.5 Å². The molecule has 5 rings (SSSR count). The molecule has 1 aromatic carbocycles. The van der Waals surface area contributed by atoms with Crippen molar-refractivity contribution in [2.75, 3.05) is 31.1 Å². The topological polar surface area (TPSA) is 90.0 Å². The summed E-state index contributed by atoms with van der Waals surface area (Å²) in [6.07, 6.45) is 5.76. The van der Waals surface area contributed by atoms with E-state index in [0.29, 0.717) is 49.8 Å². The van der Waals surface area contributed by atoms with E-state index >= 15 is 0 Å². The first kappa shape index (κ1) is 21.9. The molecule has 4 amide bonds. The molecule has 9 heteroatoms. The number of carbonyl (C=O) groups is 4. The zero-order valence-electron chi connectivity index (χ0n) is 18.6. The maximum Gasteiger partial charge on any atom is 0.255 e. The average molecular weight is 457 g/mol. The Morgan fingerprint density at radius 1 is 1.03 bits per heavy atom. The van der Waals surface area contributed by atoms with Crippen molar-refractivity contribution in [2.24, 2.45) is 5.92 Å². The number of fused-ring (bicyclic) bond motifs is 1. The minimum absolute atomic E-state index is 0.175. The summed E-state index contributed by atoms with van der Waals surface area (Å²) in [6, 6.07) is 1.94. The van der Waals surface area contributed by atoms with E-state index in [2.05, 4.69) is 5.32 Å². The van der Waals surface area contributed by atoms with Crippen LogP contribution in [0.2, 0.25) is 0 Å². The average Bonchev–Trinajstić information content (AvgIpc) is 3.42. The molecule has 3 fully saturated rings. The number of nitrogens with one attached hydrogen (secondary N) is 1. The van der Waals surface area contributed by atoms with Crippen LogP contribution < -0.4 is 10.2 Å². The Bertz CT molecular complexity index is 998. The van der Waals surface area contributed by atoms with Crippen molar-refractivity contribution >= 4 is 29.3 Å². The van der Waals surface area contributed by atoms with E-state index in [4.69, 9.17) is 0 Å². The Morgan fingerprint density at radius 2 is 1.76 bits per heavy atom. The number of halogens is 1. The van der Waals surface area contributed by atoms with Crippen LogP contribution in [-0.4, -0.2) is 65.6 Å². The fraction of sp³-hybridized carbons (Fsp3) is 0.583. The molecule has 1 aromatic rings. The van der Waals surface area contributed by atoms with Crippen molar-refractivity contribution in [3.05, 3.63) is 29.1 Å². The molecule has 1 saturated carbocycles. The Kier molecular flexibility index (Phi) is 5.80. The standard InChI is InChI=1S/C24H29FN4O4/c25-16-12-17-18(14-29(24(17)33)19-5-6-21(30)26-23(19)32)20(13-16)27-7-9-28(10-8-27)22(31)11-15-3-1-2-4-15/h12-13,15,19H,1-11,14H2,(H,26,30,32). The zero-order chi connectivity index (χ0) is 23.1. The summed E-state index contributed by atoms with van der Waals surface area (Å²) in [5.41, 5.74) is 1.63. The highest BCUT2D eigenvalue weighted by molar-refractivity contribution is 6.06. The highest BCUT2D eigenvalue weighted by atomic mass is 19.1. The van der Waals surface area contributed by atoms with Crippen LogP contribution in [0, 0.1) is 11.7 Å². The molecule has 3 heterocycles. The van der Waals surface area contributed by atoms with Crippen molar-refractivity contribution in [1.82, 2.24) is 15.1 Å². The summed E-state index contributed by atoms with van der Waals surface area (Å²) in [5.74, 6) is -1.000. The molecule has 3 aliphatic heterocycles. The number of hydrogen-bond acceptors (Lipinski definition) is 5. The number of carbonyl (C=O) groups excluding carboxylic acids is 4. The second kappa shape index (κ2) is 8.76. The lowest BCUT2D eigenvalue weighted by Crippen LogP contribution is -2.52. The maximum atomic E-state index is 14.5. The summed E-state index contributed by atoms with van der Waals surface area (Å²) in [4.78, 5) is 54.9. The van der Waals surface area contributed by atoms with Crippen molar-refractivity contribution in [2.45, 2.75) is 57.5 Å². The van der Waals surface area contributed by atoms with Crippen LogP contribution >= 0.6 is 0 Å². The summed E-state index contributed by atoms with van der Waals surface area (Å²) < 4.78 is 14.5. The van der Waals surface area contributed by atoms with Gasteiger partial charge in [-0.1, -0.05) is 12.8 Å². The van der Waals surface area contributed by atoms with Crippen LogP contribution in [0.25, 0.3) is 0 Å². The van der Waals surface area contributed by atoms with Gasteiger partial charge in [-0.05, 0) is 37.3 Å². The number of piperazine rings is 1. The second-order valence-electron chi connectivity index (χ2n) is 9.57. The van der Waals surface area contributed by atoms with Crippen LogP contribution in [0.1, 0.15) is 60.9 Å². The quantitative estimate of drug-likeness (QED) is 0.698. The third kappa shape index (κ3) is 4.20. The number of nitrogens with zero attached hydrogens (tertiary/aromatic N) is 3. The van der Waals surface area contributed by atoms with Gasteiger partial charge in [0.2, 0.25) is 17.7 Å². The molecule has 8 nitrogen and oxygen atoms in total. The fourth-order valence-electron chi connectivity index (χ4n) is 5.68. The first-order valence-electron chi connectivity index (χ1n) is 11.9. The van der Waals surface area contributed by atoms with Crippen molar-refractivity contribution in [3.63, 3.8) is 0 Å². The predicted octanol–water partition coefficient (Wildman–Crippen LogP) is 1.82. The third-order valence-electron chi connectivity index (χ3n) is 7.51. The van der Waals surface area contributed by atoms with Crippen LogP contribution in [0.5, 0.6) is 0 Å². The summed E-state index contributed by atoms with van der Waals surface area (Å²) in [5, 5.41) is 2.29. The van der Waals surface area contributed by atoms with Gasteiger partial charge in [0, 0.05) is 62.4 Å². The molecule has 0 spiro atoms. The van der Waals surface area contributed by atoms with Gasteiger partial charge < -0.3 is 14.7 Å². The van der Waals surface area contributed by atoms with Gasteiger partial charge >= 0.3 is 0 Å². The van der Waals surface area contributed by atoms with Crippen molar-refractivity contribution in [1.29, 1.82) is 0 Å². The number of amides is 4. The Balaban J connectivity index is 1.29. The lowest BCUT2D eigenvalue weighted by Gasteiger charge is -2.37. The molecule has 1 atom stereocenters. The largest absolute Gasteiger partial charge is 0.368 e. The molecule has 33 heavy (non-hydrogen) atoms. The monoisotopic (exact) mass is 456 g/mol. The van der Waals surface area contributed by atoms with Gasteiger partial charge in [0.1, 0.15) is 11.9 Å². The molecule has 0 radical (unpaired) electrons. The van der Waals surface area contributed by atoms with Crippen LogP contribution in [0.15, 0.2) is 12.1 Å². The molecule has 4 aliphatic rings. The van der Waals surface area contributed by atoms with Gasteiger partial charge in [-0.25, -0.2) is 4.39 Å². The Morgan fingerprint density at radius 3 is 2.45 bits per heavy atom. The Labute approximate surface area is 192 Å². The molecule has 1 aliphatic carbocycles. The lowest BCUT2D eigenvalue weighted by atomic mass is 10.0. The zero-order valence-corrected chi connectivity index (χ0v) is 18.6. The number of hydrogen-bond donors (Lipinski definition) is 1. The molecule has 2 saturated heterocycles. The number of anilines is 1. The first-order valence-corrected chi connectivity index (χ1v) is 11.9. The highest BCUT2D eigenvalue weighted by Gasteiger charge is 2.41. The summed E-state index contributed by atoms with van der Waals surface area (Å²) in [6.45, 7) is 2.48. The van der Waals surface area contributed by atoms with E-state index in [1.165, 1.54) is 29.9 Å². The van der Waals surface area contributed by atoms with Crippen molar-refractivity contribution in [3.8, 4) is 0 Å². The van der Waals surface area contributed by atoms with Gasteiger partial charge in [0.05, 0.1) is 0 Å². The Hall–Kier alpha value is -2.97. The van der Waals surface area contributed by atoms with Gasteiger partial charge in [-0.15, -0.1) is 0 Å². The molecule has 1 N–H and O–H groups in total. The molecular formula is C24H29FN4O4. The van der Waals surface area contributed by atoms with E-state index in [0.717, 1.165) is 12.8 Å². The number of rotatable bonds is 4. The van der Waals surface area contributed by atoms with Gasteiger partial charge in [0.25, 0.3) is 5.91 Å². The first-order chi connectivity index (χ1) is 15.9. The molecule has 0 bridgehead atoms. The molecular weight excluding hydrogens is 427 g/mol. The number of imide groups is 1. The molecule has 1 unspecified atom stereocenters. The maximum absolute atomic E-state index is 14.5. The fourth-order valence-corrected chi connectivity index (χ4v) is 5.68. The van der Waals surface area contributed by atoms with E-state index in [9.17, 15) is 23.6 Å². The van der Waals surface area contributed by atoms with E-state index < -0.39 is 17.8 Å². The van der Waals surface area contributed by atoms with Crippen LogP contribution in [-0.2, 0) is 20.9 Å².